The summed E-state index contributed by atoms with van der Waals surface area (Å²) in [5.74, 6) is -0.297. The van der Waals surface area contributed by atoms with Crippen LogP contribution in [0.25, 0.3) is 5.82 Å². The van der Waals surface area contributed by atoms with Gasteiger partial charge in [-0.15, -0.1) is 0 Å². The van der Waals surface area contributed by atoms with E-state index in [4.69, 9.17) is 16.3 Å². The number of nitrogens with zero attached hydrogens (tertiary/aromatic N) is 5. The lowest BCUT2D eigenvalue weighted by Crippen LogP contribution is -2.47. The fourth-order valence-corrected chi connectivity index (χ4v) is 4.02. The molecule has 2 amide bonds. The van der Waals surface area contributed by atoms with E-state index in [0.29, 0.717) is 31.1 Å². The van der Waals surface area contributed by atoms with E-state index in [1.807, 2.05) is 6.92 Å². The van der Waals surface area contributed by atoms with Gasteiger partial charge in [0.05, 0.1) is 36.4 Å². The van der Waals surface area contributed by atoms with Crippen LogP contribution in [0.15, 0.2) is 42.9 Å². The lowest BCUT2D eigenvalue weighted by atomic mass is 10.1. The van der Waals surface area contributed by atoms with E-state index in [1.54, 1.807) is 24.0 Å². The molecule has 1 saturated heterocycles. The van der Waals surface area contributed by atoms with Crippen LogP contribution in [0.1, 0.15) is 52.0 Å². The van der Waals surface area contributed by atoms with Crippen LogP contribution < -0.4 is 5.32 Å². The quantitative estimate of drug-likeness (QED) is 0.548. The molecule has 1 aromatic carbocycles. The van der Waals surface area contributed by atoms with Crippen LogP contribution in [0.2, 0.25) is 5.02 Å². The van der Waals surface area contributed by atoms with Crippen LogP contribution >= 0.6 is 11.6 Å². The number of carbonyl (C=O) groups excluding carboxylic acids is 2. The smallest absolute Gasteiger partial charge is 0.377 e. The van der Waals surface area contributed by atoms with Crippen LogP contribution in [0.5, 0.6) is 0 Å². The SMILES string of the molecule is C[C@H](NC(=O)c1cc(Cl)cc(C(F)(F)F)c1)c1ncnn1-c1ccc(C(=O)N2CCOC[C@H]2C)cn1. The number of amides is 2. The van der Waals surface area contributed by atoms with Crippen LogP contribution in [-0.2, 0) is 10.9 Å². The van der Waals surface area contributed by atoms with Gasteiger partial charge in [0.15, 0.2) is 11.6 Å². The van der Waals surface area contributed by atoms with Crippen molar-refractivity contribution in [2.75, 3.05) is 19.8 Å². The third-order valence-corrected chi connectivity index (χ3v) is 5.85. The Balaban J connectivity index is 1.50. The van der Waals surface area contributed by atoms with Crippen molar-refractivity contribution in [1.82, 2.24) is 30.0 Å². The lowest BCUT2D eigenvalue weighted by Gasteiger charge is -2.33. The zero-order valence-corrected chi connectivity index (χ0v) is 20.0. The Kier molecular flexibility index (Phi) is 7.27. The number of nitrogens with one attached hydrogen (secondary N) is 1. The molecule has 2 atom stereocenters. The first-order valence-electron chi connectivity index (χ1n) is 11.0. The molecular weight excluding hydrogens is 501 g/mol. The van der Waals surface area contributed by atoms with Gasteiger partial charge >= 0.3 is 6.18 Å². The highest BCUT2D eigenvalue weighted by atomic mass is 35.5. The molecule has 2 aromatic heterocycles. The minimum Gasteiger partial charge on any atom is -0.377 e. The first-order valence-corrected chi connectivity index (χ1v) is 11.4. The van der Waals surface area contributed by atoms with Crippen molar-refractivity contribution in [3.8, 4) is 5.82 Å². The summed E-state index contributed by atoms with van der Waals surface area (Å²) in [6.45, 7) is 4.94. The van der Waals surface area contributed by atoms with Gasteiger partial charge in [0.1, 0.15) is 6.33 Å². The molecule has 0 unspecified atom stereocenters. The number of morpholine rings is 1. The molecule has 9 nitrogen and oxygen atoms in total. The predicted molar refractivity (Wildman–Crippen MR) is 123 cm³/mol. The maximum atomic E-state index is 13.1. The number of alkyl halides is 3. The van der Waals surface area contributed by atoms with Crippen molar-refractivity contribution >= 4 is 23.4 Å². The molecule has 4 rings (SSSR count). The normalized spacial score (nSPS) is 17.1. The highest BCUT2D eigenvalue weighted by Crippen LogP contribution is 2.32. The molecule has 3 aromatic rings. The minimum atomic E-state index is -4.65. The third-order valence-electron chi connectivity index (χ3n) is 5.64. The average molecular weight is 523 g/mol. The number of pyridine rings is 1. The number of carbonyl (C=O) groups is 2. The maximum absolute atomic E-state index is 13.1. The molecule has 1 aliphatic rings. The van der Waals surface area contributed by atoms with E-state index in [-0.39, 0.29) is 28.4 Å². The van der Waals surface area contributed by atoms with Gasteiger partial charge in [-0.1, -0.05) is 11.6 Å². The molecule has 13 heteroatoms. The molecule has 0 aliphatic carbocycles. The summed E-state index contributed by atoms with van der Waals surface area (Å²) in [6, 6.07) is 5.04. The standard InChI is InChI=1S/C23H22ClF3N6O3/c1-13-11-36-6-5-32(13)22(35)15-3-4-19(28-10-15)33-20(29-12-30-33)14(2)31-21(34)16-7-17(23(25,26)27)9-18(24)8-16/h3-4,7-10,12-14H,5-6,11H2,1-2H3,(H,31,34)/t13-,14+/m1/s1. The fraction of sp³-hybridized carbons (Fsp3) is 0.348. The zero-order chi connectivity index (χ0) is 26.0. The van der Waals surface area contributed by atoms with Crippen LogP contribution in [-0.4, -0.2) is 62.3 Å². The average Bonchev–Trinajstić information content (AvgIpc) is 3.33. The lowest BCUT2D eigenvalue weighted by molar-refractivity contribution is -0.137. The second-order valence-electron chi connectivity index (χ2n) is 8.28. The maximum Gasteiger partial charge on any atom is 0.416 e. The number of ether oxygens (including phenoxy) is 1. The second kappa shape index (κ2) is 10.2. The van der Waals surface area contributed by atoms with E-state index < -0.39 is 23.7 Å². The van der Waals surface area contributed by atoms with E-state index in [2.05, 4.69) is 20.4 Å². The van der Waals surface area contributed by atoms with Crippen molar-refractivity contribution in [3.63, 3.8) is 0 Å². The van der Waals surface area contributed by atoms with Gasteiger partial charge < -0.3 is 15.0 Å². The van der Waals surface area contributed by atoms with Crippen LogP contribution in [0.4, 0.5) is 13.2 Å². The number of rotatable bonds is 5. The summed E-state index contributed by atoms with van der Waals surface area (Å²) in [5.41, 5.74) is -0.871. The van der Waals surface area contributed by atoms with Crippen molar-refractivity contribution in [2.45, 2.75) is 32.1 Å². The predicted octanol–water partition coefficient (Wildman–Crippen LogP) is 3.69. The van der Waals surface area contributed by atoms with Crippen molar-refractivity contribution in [3.05, 3.63) is 70.4 Å². The topological polar surface area (TPSA) is 102 Å². The van der Waals surface area contributed by atoms with Gasteiger partial charge in [-0.25, -0.2) is 9.97 Å². The van der Waals surface area contributed by atoms with E-state index in [1.165, 1.54) is 17.2 Å². The number of halogens is 4. The highest BCUT2D eigenvalue weighted by molar-refractivity contribution is 6.31. The molecule has 1 fully saturated rings. The van der Waals surface area contributed by atoms with Crippen LogP contribution in [0, 0.1) is 0 Å². The van der Waals surface area contributed by atoms with Crippen molar-refractivity contribution < 1.29 is 27.5 Å². The minimum absolute atomic E-state index is 0.0518. The molecule has 190 valence electrons. The molecular formula is C23H22ClF3N6O3. The molecule has 0 saturated carbocycles. The Bertz CT molecular complexity index is 1260. The van der Waals surface area contributed by atoms with Gasteiger partial charge in [0.25, 0.3) is 11.8 Å². The van der Waals surface area contributed by atoms with E-state index >= 15 is 0 Å². The number of hydrogen-bond acceptors (Lipinski definition) is 6. The number of benzene rings is 1. The molecule has 3 heterocycles. The Labute approximate surface area is 209 Å². The van der Waals surface area contributed by atoms with E-state index in [0.717, 1.165) is 18.2 Å². The summed E-state index contributed by atoms with van der Waals surface area (Å²) in [5, 5.41) is 6.53. The summed E-state index contributed by atoms with van der Waals surface area (Å²) in [7, 11) is 0. The molecule has 1 aliphatic heterocycles. The molecule has 1 N–H and O–H groups in total. The zero-order valence-electron chi connectivity index (χ0n) is 19.3. The van der Waals surface area contributed by atoms with Gasteiger partial charge in [0.2, 0.25) is 0 Å². The van der Waals surface area contributed by atoms with Gasteiger partial charge in [-0.3, -0.25) is 9.59 Å². The largest absolute Gasteiger partial charge is 0.416 e. The Morgan fingerprint density at radius 1 is 1.19 bits per heavy atom. The third kappa shape index (κ3) is 5.49. The Morgan fingerprint density at radius 3 is 2.64 bits per heavy atom. The Hall–Kier alpha value is -3.51. The highest BCUT2D eigenvalue weighted by Gasteiger charge is 2.32. The first-order chi connectivity index (χ1) is 17.0. The van der Waals surface area contributed by atoms with Gasteiger partial charge in [-0.05, 0) is 44.2 Å². The number of aromatic nitrogens is 4. The monoisotopic (exact) mass is 522 g/mol. The van der Waals surface area contributed by atoms with E-state index in [9.17, 15) is 22.8 Å². The van der Waals surface area contributed by atoms with Crippen molar-refractivity contribution in [1.29, 1.82) is 0 Å². The summed E-state index contributed by atoms with van der Waals surface area (Å²) >= 11 is 5.79. The second-order valence-corrected chi connectivity index (χ2v) is 8.72. The van der Waals surface area contributed by atoms with Crippen molar-refractivity contribution in [2.24, 2.45) is 0 Å². The summed E-state index contributed by atoms with van der Waals surface area (Å²) in [6.07, 6.45) is -1.96. The summed E-state index contributed by atoms with van der Waals surface area (Å²) < 4.78 is 46.0. The number of hydrogen-bond donors (Lipinski definition) is 1. The molecule has 0 bridgehead atoms. The first kappa shape index (κ1) is 25.6. The Morgan fingerprint density at radius 2 is 1.97 bits per heavy atom. The molecule has 0 radical (unpaired) electrons. The molecule has 36 heavy (non-hydrogen) atoms. The van der Waals surface area contributed by atoms with Gasteiger partial charge in [0, 0.05) is 23.3 Å². The summed E-state index contributed by atoms with van der Waals surface area (Å²) in [4.78, 5) is 35.7. The molecule has 0 spiro atoms. The van der Waals surface area contributed by atoms with Crippen LogP contribution in [0.3, 0.4) is 0 Å². The van der Waals surface area contributed by atoms with Gasteiger partial charge in [-0.2, -0.15) is 23.0 Å². The fourth-order valence-electron chi connectivity index (χ4n) is 3.78.